The van der Waals surface area contributed by atoms with Crippen molar-refractivity contribution < 1.29 is 19.1 Å². The van der Waals surface area contributed by atoms with E-state index in [1.165, 1.54) is 0 Å². The molecular formula is C19H17N3O4. The molecule has 0 fully saturated rings. The summed E-state index contributed by atoms with van der Waals surface area (Å²) in [7, 11) is 0. The van der Waals surface area contributed by atoms with Gasteiger partial charge in [-0.1, -0.05) is 36.4 Å². The number of fused-ring (bicyclic) bond motifs is 1. The number of H-pyrrole nitrogens is 1. The van der Waals surface area contributed by atoms with Crippen LogP contribution in [0.1, 0.15) is 15.9 Å². The highest BCUT2D eigenvalue weighted by Crippen LogP contribution is 2.18. The summed E-state index contributed by atoms with van der Waals surface area (Å²) >= 11 is 0. The van der Waals surface area contributed by atoms with E-state index in [1.54, 1.807) is 36.5 Å². The number of hydrogen-bond donors (Lipinski definition) is 3. The normalized spacial score (nSPS) is 10.3. The molecule has 0 aliphatic carbocycles. The van der Waals surface area contributed by atoms with Gasteiger partial charge in [-0.2, -0.15) is 0 Å². The van der Waals surface area contributed by atoms with Crippen LogP contribution in [0.3, 0.4) is 0 Å². The van der Waals surface area contributed by atoms with E-state index >= 15 is 0 Å². The molecular weight excluding hydrogens is 334 g/mol. The Balaban J connectivity index is 1.44. The number of ether oxygens (including phenoxy) is 1. The quantitative estimate of drug-likeness (QED) is 0.481. The number of aromatic nitrogens is 1. The van der Waals surface area contributed by atoms with Gasteiger partial charge < -0.3 is 9.72 Å². The predicted molar refractivity (Wildman–Crippen MR) is 95.0 cm³/mol. The summed E-state index contributed by atoms with van der Waals surface area (Å²) in [5, 5.41) is 0.934. The Kier molecular flexibility index (Phi) is 5.28. The molecule has 26 heavy (non-hydrogen) atoms. The van der Waals surface area contributed by atoms with E-state index in [1.807, 2.05) is 24.3 Å². The van der Waals surface area contributed by atoms with E-state index in [0.29, 0.717) is 5.56 Å². The van der Waals surface area contributed by atoms with Gasteiger partial charge >= 0.3 is 5.97 Å². The first-order valence-corrected chi connectivity index (χ1v) is 7.98. The van der Waals surface area contributed by atoms with Crippen LogP contribution in [0.25, 0.3) is 10.9 Å². The number of carbonyl (C=O) groups excluding carboxylic acids is 3. The van der Waals surface area contributed by atoms with Crippen LogP contribution in [-0.2, 0) is 20.7 Å². The number of benzene rings is 2. The number of nitrogens with one attached hydrogen (secondary N) is 3. The topological polar surface area (TPSA) is 100 Å². The van der Waals surface area contributed by atoms with Crippen molar-refractivity contribution in [3.05, 3.63) is 71.9 Å². The molecule has 7 heteroatoms. The van der Waals surface area contributed by atoms with E-state index in [2.05, 4.69) is 15.8 Å². The van der Waals surface area contributed by atoms with Gasteiger partial charge in [-0.25, -0.2) is 0 Å². The summed E-state index contributed by atoms with van der Waals surface area (Å²) in [6.07, 6.45) is 1.79. The molecule has 2 aromatic carbocycles. The Morgan fingerprint density at radius 3 is 2.46 bits per heavy atom. The van der Waals surface area contributed by atoms with Gasteiger partial charge in [0.2, 0.25) is 0 Å². The monoisotopic (exact) mass is 351 g/mol. The van der Waals surface area contributed by atoms with Crippen molar-refractivity contribution in [3.63, 3.8) is 0 Å². The number of hydrogen-bond acceptors (Lipinski definition) is 4. The number of carbonyl (C=O) groups is 3. The summed E-state index contributed by atoms with van der Waals surface area (Å²) in [6, 6.07) is 16.0. The highest BCUT2D eigenvalue weighted by atomic mass is 16.5. The molecule has 0 aliphatic rings. The molecule has 0 unspecified atom stereocenters. The number of hydrazine groups is 1. The second kappa shape index (κ2) is 7.98. The zero-order valence-corrected chi connectivity index (χ0v) is 13.8. The van der Waals surface area contributed by atoms with Crippen molar-refractivity contribution >= 4 is 28.7 Å². The van der Waals surface area contributed by atoms with Gasteiger partial charge in [-0.15, -0.1) is 0 Å². The first-order valence-electron chi connectivity index (χ1n) is 7.98. The molecule has 132 valence electrons. The molecule has 0 aliphatic heterocycles. The minimum absolute atomic E-state index is 0.0493. The summed E-state index contributed by atoms with van der Waals surface area (Å²) in [5.41, 5.74) is 6.59. The maximum absolute atomic E-state index is 11.9. The zero-order valence-electron chi connectivity index (χ0n) is 13.8. The van der Waals surface area contributed by atoms with Crippen molar-refractivity contribution in [1.29, 1.82) is 0 Å². The largest absolute Gasteiger partial charge is 0.455 e. The molecule has 3 aromatic rings. The summed E-state index contributed by atoms with van der Waals surface area (Å²) in [6.45, 7) is -0.476. The fraction of sp³-hybridized carbons (Fsp3) is 0.105. The van der Waals surface area contributed by atoms with E-state index in [0.717, 1.165) is 16.5 Å². The number of rotatable bonds is 5. The summed E-state index contributed by atoms with van der Waals surface area (Å²) < 4.78 is 4.95. The first kappa shape index (κ1) is 17.2. The minimum atomic E-state index is -0.624. The Bertz CT molecular complexity index is 934. The lowest BCUT2D eigenvalue weighted by Crippen LogP contribution is -2.43. The molecule has 1 heterocycles. The predicted octanol–water partition coefficient (Wildman–Crippen LogP) is 1.71. The van der Waals surface area contributed by atoms with Gasteiger partial charge in [-0.05, 0) is 23.8 Å². The van der Waals surface area contributed by atoms with Gasteiger partial charge in [0.05, 0.1) is 6.42 Å². The van der Waals surface area contributed by atoms with Gasteiger partial charge in [0, 0.05) is 22.7 Å². The second-order valence-electron chi connectivity index (χ2n) is 5.57. The molecule has 0 radical (unpaired) electrons. The van der Waals surface area contributed by atoms with Crippen LogP contribution >= 0.6 is 0 Å². The molecule has 2 amide bonds. The van der Waals surface area contributed by atoms with Crippen molar-refractivity contribution in [3.8, 4) is 0 Å². The molecule has 3 N–H and O–H groups in total. The molecule has 0 saturated heterocycles. The van der Waals surface area contributed by atoms with E-state index < -0.39 is 24.4 Å². The molecule has 7 nitrogen and oxygen atoms in total. The third-order valence-electron chi connectivity index (χ3n) is 3.73. The number of aromatic amines is 1. The van der Waals surface area contributed by atoms with Crippen molar-refractivity contribution in [1.82, 2.24) is 15.8 Å². The standard InChI is InChI=1S/C19H17N3O4/c23-17(21-22-19(25)13-6-2-1-3-7-13)12-26-18(24)10-14-11-20-16-9-5-4-8-15(14)16/h1-9,11,20H,10,12H2,(H,21,23)(H,22,25). The van der Waals surface area contributed by atoms with E-state index in [4.69, 9.17) is 4.74 Å². The van der Waals surface area contributed by atoms with E-state index in [-0.39, 0.29) is 6.42 Å². The van der Waals surface area contributed by atoms with Gasteiger partial charge in [-0.3, -0.25) is 25.2 Å². The average molecular weight is 351 g/mol. The van der Waals surface area contributed by atoms with Gasteiger partial charge in [0.25, 0.3) is 11.8 Å². The molecule has 1 aromatic heterocycles. The molecule has 0 bridgehead atoms. The highest BCUT2D eigenvalue weighted by molar-refractivity contribution is 5.95. The smallest absolute Gasteiger partial charge is 0.310 e. The van der Waals surface area contributed by atoms with Crippen LogP contribution in [0, 0.1) is 0 Å². The minimum Gasteiger partial charge on any atom is -0.455 e. The number of amides is 2. The Labute approximate surface area is 149 Å². The number of para-hydroxylation sites is 1. The SMILES string of the molecule is O=C(COC(=O)Cc1c[nH]c2ccccc12)NNC(=O)c1ccccc1. The maximum Gasteiger partial charge on any atom is 0.310 e. The molecule has 0 saturated carbocycles. The summed E-state index contributed by atoms with van der Waals surface area (Å²) in [4.78, 5) is 38.5. The zero-order chi connectivity index (χ0) is 18.4. The molecule has 3 rings (SSSR count). The lowest BCUT2D eigenvalue weighted by atomic mass is 10.1. The van der Waals surface area contributed by atoms with Crippen LogP contribution in [0.4, 0.5) is 0 Å². The highest BCUT2D eigenvalue weighted by Gasteiger charge is 2.12. The van der Waals surface area contributed by atoms with Gasteiger partial charge in [0.15, 0.2) is 6.61 Å². The third kappa shape index (κ3) is 4.27. The third-order valence-corrected chi connectivity index (χ3v) is 3.73. The lowest BCUT2D eigenvalue weighted by Gasteiger charge is -2.08. The van der Waals surface area contributed by atoms with Crippen molar-refractivity contribution in [2.45, 2.75) is 6.42 Å². The fourth-order valence-corrected chi connectivity index (χ4v) is 2.45. The van der Waals surface area contributed by atoms with Crippen molar-refractivity contribution in [2.75, 3.05) is 6.61 Å². The van der Waals surface area contributed by atoms with E-state index in [9.17, 15) is 14.4 Å². The second-order valence-corrected chi connectivity index (χ2v) is 5.57. The Morgan fingerprint density at radius 2 is 1.65 bits per heavy atom. The maximum atomic E-state index is 11.9. The van der Waals surface area contributed by atoms with Crippen LogP contribution in [0.15, 0.2) is 60.8 Å². The van der Waals surface area contributed by atoms with Crippen LogP contribution < -0.4 is 10.9 Å². The van der Waals surface area contributed by atoms with Crippen LogP contribution in [-0.4, -0.2) is 29.4 Å². The summed E-state index contributed by atoms with van der Waals surface area (Å²) in [5.74, 6) is -1.61. The van der Waals surface area contributed by atoms with Gasteiger partial charge in [0.1, 0.15) is 0 Å². The fourth-order valence-electron chi connectivity index (χ4n) is 2.45. The average Bonchev–Trinajstić information content (AvgIpc) is 3.08. The number of esters is 1. The molecule has 0 atom stereocenters. The van der Waals surface area contributed by atoms with Crippen LogP contribution in [0.2, 0.25) is 0 Å². The Morgan fingerprint density at radius 1 is 0.923 bits per heavy atom. The van der Waals surface area contributed by atoms with Crippen molar-refractivity contribution in [2.24, 2.45) is 0 Å². The molecule has 0 spiro atoms. The van der Waals surface area contributed by atoms with Crippen LogP contribution in [0.5, 0.6) is 0 Å². The Hall–Kier alpha value is -3.61. The lowest BCUT2D eigenvalue weighted by molar-refractivity contribution is -0.148. The first-order chi connectivity index (χ1) is 12.6.